The van der Waals surface area contributed by atoms with E-state index in [0.717, 1.165) is 24.7 Å². The zero-order valence-electron chi connectivity index (χ0n) is 16.6. The molecule has 30 heavy (non-hydrogen) atoms. The fraction of sp³-hybridized carbons (Fsp3) is 0.286. The van der Waals surface area contributed by atoms with E-state index in [1.54, 1.807) is 34.9 Å². The highest BCUT2D eigenvalue weighted by Crippen LogP contribution is 2.42. The van der Waals surface area contributed by atoms with Crippen LogP contribution in [0.25, 0.3) is 5.65 Å². The summed E-state index contributed by atoms with van der Waals surface area (Å²) in [6.45, 7) is 0.0226. The Morgan fingerprint density at radius 2 is 1.73 bits per heavy atom. The second kappa shape index (κ2) is 6.40. The summed E-state index contributed by atoms with van der Waals surface area (Å²) in [5.41, 5.74) is 3.30. The first-order chi connectivity index (χ1) is 14.2. The number of pyridine rings is 1. The second-order valence-corrected chi connectivity index (χ2v) is 9.88. The lowest BCUT2D eigenvalue weighted by molar-refractivity contribution is 0.0640. The number of amides is 2. The predicted octanol–water partition coefficient (Wildman–Crippen LogP) is 2.40. The first-order valence-electron chi connectivity index (χ1n) is 9.64. The molecular weight excluding hydrogens is 404 g/mol. The number of benzene rings is 1. The lowest BCUT2D eigenvalue weighted by Gasteiger charge is -2.18. The summed E-state index contributed by atoms with van der Waals surface area (Å²) >= 11 is 0. The Bertz CT molecular complexity index is 1290. The monoisotopic (exact) mass is 424 g/mol. The Hall–Kier alpha value is -3.20. The molecule has 0 N–H and O–H groups in total. The minimum absolute atomic E-state index is 0.0226. The van der Waals surface area contributed by atoms with Crippen molar-refractivity contribution in [2.24, 2.45) is 0 Å². The molecule has 0 unspecified atom stereocenters. The van der Waals surface area contributed by atoms with Crippen LogP contribution in [0.2, 0.25) is 0 Å². The zero-order chi connectivity index (χ0) is 21.2. The van der Waals surface area contributed by atoms with Crippen LogP contribution in [0.15, 0.2) is 42.7 Å². The number of hydrogen-bond donors (Lipinski definition) is 0. The molecule has 0 spiro atoms. The summed E-state index contributed by atoms with van der Waals surface area (Å²) < 4.78 is 27.3. The number of nitrogens with zero attached hydrogens (tertiary/aromatic N) is 4. The molecule has 8 nitrogen and oxygen atoms in total. The van der Waals surface area contributed by atoms with Crippen molar-refractivity contribution in [3.8, 4) is 0 Å². The van der Waals surface area contributed by atoms with Crippen LogP contribution in [-0.2, 0) is 16.6 Å². The fourth-order valence-electron chi connectivity index (χ4n) is 3.82. The van der Waals surface area contributed by atoms with E-state index in [1.165, 1.54) is 16.3 Å². The molecular formula is C21H20N4O4S. The number of carbonyl (C=O) groups is 2. The van der Waals surface area contributed by atoms with E-state index in [4.69, 9.17) is 0 Å². The third kappa shape index (κ3) is 2.97. The number of aromatic nitrogens is 2. The normalized spacial score (nSPS) is 16.4. The van der Waals surface area contributed by atoms with Gasteiger partial charge in [0.15, 0.2) is 5.65 Å². The van der Waals surface area contributed by atoms with E-state index >= 15 is 0 Å². The Morgan fingerprint density at radius 1 is 1.10 bits per heavy atom. The van der Waals surface area contributed by atoms with Crippen molar-refractivity contribution in [1.82, 2.24) is 14.3 Å². The van der Waals surface area contributed by atoms with Crippen molar-refractivity contribution in [1.29, 1.82) is 0 Å². The van der Waals surface area contributed by atoms with Crippen LogP contribution >= 0.6 is 0 Å². The number of imide groups is 1. The molecule has 2 aromatic heterocycles. The van der Waals surface area contributed by atoms with Crippen LogP contribution in [0.4, 0.5) is 5.69 Å². The van der Waals surface area contributed by atoms with Gasteiger partial charge in [-0.3, -0.25) is 18.8 Å². The molecule has 1 aliphatic carbocycles. The third-order valence-electron chi connectivity index (χ3n) is 5.69. The van der Waals surface area contributed by atoms with Crippen LogP contribution < -0.4 is 4.31 Å². The van der Waals surface area contributed by atoms with Crippen LogP contribution in [0.5, 0.6) is 0 Å². The molecule has 1 fully saturated rings. The van der Waals surface area contributed by atoms with Crippen molar-refractivity contribution < 1.29 is 18.0 Å². The highest BCUT2D eigenvalue weighted by Gasteiger charge is 2.35. The standard InChI is InChI=1S/C21H20N4O4S/c1-23(30(2,28)29)18-9-14(13-7-8-13)10-24-11-15(22-19(18)24)12-25-20(26)16-5-3-4-6-17(16)21(25)27/h3-6,9-11,13H,7-8,12H2,1-2H3. The molecule has 3 heterocycles. The van der Waals surface area contributed by atoms with E-state index in [2.05, 4.69) is 4.98 Å². The first-order valence-corrected chi connectivity index (χ1v) is 11.5. The first kappa shape index (κ1) is 18.8. The van der Waals surface area contributed by atoms with Crippen molar-refractivity contribution in [3.63, 3.8) is 0 Å². The van der Waals surface area contributed by atoms with Gasteiger partial charge >= 0.3 is 0 Å². The molecule has 1 saturated carbocycles. The highest BCUT2D eigenvalue weighted by molar-refractivity contribution is 7.92. The molecule has 2 aliphatic rings. The summed E-state index contributed by atoms with van der Waals surface area (Å²) in [6, 6.07) is 8.60. The van der Waals surface area contributed by atoms with Crippen LogP contribution in [0, 0.1) is 0 Å². The van der Waals surface area contributed by atoms with E-state index in [9.17, 15) is 18.0 Å². The van der Waals surface area contributed by atoms with Gasteiger partial charge in [0.05, 0.1) is 35.3 Å². The van der Waals surface area contributed by atoms with Crippen molar-refractivity contribution in [2.75, 3.05) is 17.6 Å². The van der Waals surface area contributed by atoms with Gasteiger partial charge in [-0.05, 0) is 42.5 Å². The second-order valence-electron chi connectivity index (χ2n) is 7.87. The van der Waals surface area contributed by atoms with Gasteiger partial charge in [-0.25, -0.2) is 13.4 Å². The van der Waals surface area contributed by atoms with Crippen molar-refractivity contribution in [2.45, 2.75) is 25.3 Å². The van der Waals surface area contributed by atoms with Gasteiger partial charge in [0.1, 0.15) is 0 Å². The highest BCUT2D eigenvalue weighted by atomic mass is 32.2. The molecule has 1 aromatic carbocycles. The van der Waals surface area contributed by atoms with Gasteiger partial charge < -0.3 is 4.40 Å². The largest absolute Gasteiger partial charge is 0.305 e. The van der Waals surface area contributed by atoms with Crippen LogP contribution in [0.1, 0.15) is 50.7 Å². The topological polar surface area (TPSA) is 92.1 Å². The van der Waals surface area contributed by atoms with Gasteiger partial charge in [0.2, 0.25) is 10.0 Å². The van der Waals surface area contributed by atoms with Gasteiger partial charge in [0, 0.05) is 19.4 Å². The molecule has 1 aliphatic heterocycles. The summed E-state index contributed by atoms with van der Waals surface area (Å²) in [6.07, 6.45) is 7.00. The Labute approximate surface area is 173 Å². The molecule has 9 heteroatoms. The summed E-state index contributed by atoms with van der Waals surface area (Å²) in [4.78, 5) is 31.1. The van der Waals surface area contributed by atoms with Gasteiger partial charge in [-0.1, -0.05) is 12.1 Å². The van der Waals surface area contributed by atoms with Crippen molar-refractivity contribution >= 4 is 33.2 Å². The molecule has 154 valence electrons. The average molecular weight is 424 g/mol. The lowest BCUT2D eigenvalue weighted by atomic mass is 10.1. The number of fused-ring (bicyclic) bond motifs is 2. The van der Waals surface area contributed by atoms with Gasteiger partial charge in [-0.2, -0.15) is 0 Å². The molecule has 0 bridgehead atoms. The van der Waals surface area contributed by atoms with Gasteiger partial charge in [-0.15, -0.1) is 0 Å². The Morgan fingerprint density at radius 3 is 2.30 bits per heavy atom. The van der Waals surface area contributed by atoms with E-state index in [0.29, 0.717) is 34.1 Å². The minimum Gasteiger partial charge on any atom is -0.305 e. The molecule has 0 saturated heterocycles. The summed E-state index contributed by atoms with van der Waals surface area (Å²) in [7, 11) is -1.98. The van der Waals surface area contributed by atoms with Crippen molar-refractivity contribution in [3.05, 3.63) is 65.1 Å². The number of hydrogen-bond acceptors (Lipinski definition) is 5. The number of imidazole rings is 1. The Balaban J connectivity index is 1.55. The maximum atomic E-state index is 12.7. The molecule has 3 aromatic rings. The minimum atomic E-state index is -3.47. The molecule has 0 radical (unpaired) electrons. The van der Waals surface area contributed by atoms with E-state index < -0.39 is 10.0 Å². The number of carbonyl (C=O) groups excluding carboxylic acids is 2. The molecule has 2 amide bonds. The smallest absolute Gasteiger partial charge is 0.261 e. The maximum Gasteiger partial charge on any atom is 0.261 e. The van der Waals surface area contributed by atoms with Crippen LogP contribution in [0.3, 0.4) is 0 Å². The average Bonchev–Trinajstić information content (AvgIpc) is 3.44. The number of rotatable bonds is 5. The molecule has 0 atom stereocenters. The third-order valence-corrected chi connectivity index (χ3v) is 6.88. The quantitative estimate of drug-likeness (QED) is 0.587. The number of sulfonamides is 1. The zero-order valence-corrected chi connectivity index (χ0v) is 17.4. The Kier molecular flexibility index (Phi) is 4.01. The van der Waals surface area contributed by atoms with E-state index in [-0.39, 0.29) is 18.4 Å². The number of anilines is 1. The fourth-order valence-corrected chi connectivity index (χ4v) is 4.32. The van der Waals surface area contributed by atoms with Gasteiger partial charge in [0.25, 0.3) is 11.8 Å². The summed E-state index contributed by atoms with van der Waals surface area (Å²) in [5.74, 6) is -0.275. The van der Waals surface area contributed by atoms with Crippen LogP contribution in [-0.4, -0.2) is 47.8 Å². The maximum absolute atomic E-state index is 12.7. The van der Waals surface area contributed by atoms with E-state index in [1.807, 2.05) is 12.3 Å². The summed E-state index contributed by atoms with van der Waals surface area (Å²) in [5, 5.41) is 0. The molecule has 5 rings (SSSR count). The lowest BCUT2D eigenvalue weighted by Crippen LogP contribution is -2.29. The predicted molar refractivity (Wildman–Crippen MR) is 111 cm³/mol. The SMILES string of the molecule is CN(c1cc(C2CC2)cn2cc(CN3C(=O)c4ccccc4C3=O)nc12)S(C)(=O)=O.